The SMILES string of the molecule is CCOC(=O)N1CCN(C(=O)Cn2nc(-c3ccccc3)c3sc(C)nc3c2=O)CC1. The number of rotatable bonds is 4. The Morgan fingerprint density at radius 3 is 2.45 bits per heavy atom. The summed E-state index contributed by atoms with van der Waals surface area (Å²) in [5.41, 5.74) is 1.45. The molecule has 162 valence electrons. The van der Waals surface area contributed by atoms with Gasteiger partial charge < -0.3 is 14.5 Å². The van der Waals surface area contributed by atoms with Crippen molar-refractivity contribution in [3.63, 3.8) is 0 Å². The summed E-state index contributed by atoms with van der Waals surface area (Å²) in [6.07, 6.45) is -0.371. The molecule has 2 aromatic heterocycles. The highest BCUT2D eigenvalue weighted by atomic mass is 32.1. The average molecular weight is 442 g/mol. The Bertz CT molecular complexity index is 1170. The second kappa shape index (κ2) is 8.84. The fourth-order valence-electron chi connectivity index (χ4n) is 3.54. The number of fused-ring (bicyclic) bond motifs is 1. The summed E-state index contributed by atoms with van der Waals surface area (Å²) in [4.78, 5) is 45.3. The van der Waals surface area contributed by atoms with Gasteiger partial charge in [-0.3, -0.25) is 9.59 Å². The van der Waals surface area contributed by atoms with E-state index in [1.54, 1.807) is 16.7 Å². The summed E-state index contributed by atoms with van der Waals surface area (Å²) in [6, 6.07) is 9.55. The quantitative estimate of drug-likeness (QED) is 0.615. The van der Waals surface area contributed by atoms with E-state index in [1.807, 2.05) is 37.3 Å². The molecule has 31 heavy (non-hydrogen) atoms. The molecule has 2 amide bonds. The van der Waals surface area contributed by atoms with E-state index in [9.17, 15) is 14.4 Å². The van der Waals surface area contributed by atoms with Gasteiger partial charge in [0.05, 0.1) is 16.3 Å². The highest BCUT2D eigenvalue weighted by Gasteiger charge is 2.26. The smallest absolute Gasteiger partial charge is 0.409 e. The molecule has 10 heteroatoms. The van der Waals surface area contributed by atoms with Gasteiger partial charge in [-0.15, -0.1) is 11.3 Å². The fraction of sp³-hybridized carbons (Fsp3) is 0.381. The van der Waals surface area contributed by atoms with E-state index in [4.69, 9.17) is 4.74 Å². The molecule has 3 heterocycles. The number of hydrogen-bond donors (Lipinski definition) is 0. The van der Waals surface area contributed by atoms with Crippen molar-refractivity contribution in [2.75, 3.05) is 32.8 Å². The van der Waals surface area contributed by atoms with Crippen molar-refractivity contribution >= 4 is 33.6 Å². The first-order valence-corrected chi connectivity index (χ1v) is 10.9. The molecule has 1 aliphatic rings. The molecule has 1 aromatic carbocycles. The van der Waals surface area contributed by atoms with E-state index in [1.165, 1.54) is 16.0 Å². The lowest BCUT2D eigenvalue weighted by Crippen LogP contribution is -2.51. The van der Waals surface area contributed by atoms with Gasteiger partial charge in [0.2, 0.25) is 5.91 Å². The fourth-order valence-corrected chi connectivity index (χ4v) is 4.46. The van der Waals surface area contributed by atoms with Crippen LogP contribution < -0.4 is 5.56 Å². The molecule has 0 atom stereocenters. The maximum Gasteiger partial charge on any atom is 0.409 e. The highest BCUT2D eigenvalue weighted by molar-refractivity contribution is 7.19. The van der Waals surface area contributed by atoms with Crippen molar-refractivity contribution in [2.24, 2.45) is 0 Å². The Balaban J connectivity index is 1.58. The minimum absolute atomic E-state index is 0.176. The predicted molar refractivity (Wildman–Crippen MR) is 117 cm³/mol. The van der Waals surface area contributed by atoms with E-state index in [-0.39, 0.29) is 24.1 Å². The molecular formula is C21H23N5O4S. The van der Waals surface area contributed by atoms with Crippen molar-refractivity contribution in [3.8, 4) is 11.3 Å². The maximum absolute atomic E-state index is 13.0. The van der Waals surface area contributed by atoms with Gasteiger partial charge in [0, 0.05) is 31.7 Å². The molecule has 0 saturated carbocycles. The van der Waals surface area contributed by atoms with E-state index in [0.717, 1.165) is 15.3 Å². The van der Waals surface area contributed by atoms with Gasteiger partial charge in [-0.05, 0) is 13.8 Å². The zero-order valence-electron chi connectivity index (χ0n) is 17.4. The summed E-state index contributed by atoms with van der Waals surface area (Å²) >= 11 is 1.42. The van der Waals surface area contributed by atoms with Gasteiger partial charge in [-0.1, -0.05) is 30.3 Å². The summed E-state index contributed by atoms with van der Waals surface area (Å²) in [5, 5.41) is 5.30. The van der Waals surface area contributed by atoms with Crippen LogP contribution in [0.5, 0.6) is 0 Å². The molecule has 0 spiro atoms. The molecule has 1 saturated heterocycles. The van der Waals surface area contributed by atoms with Gasteiger partial charge in [0.25, 0.3) is 5.56 Å². The van der Waals surface area contributed by atoms with Crippen LogP contribution in [0.15, 0.2) is 35.1 Å². The van der Waals surface area contributed by atoms with Crippen molar-refractivity contribution in [1.82, 2.24) is 24.6 Å². The Morgan fingerprint density at radius 2 is 1.77 bits per heavy atom. The molecule has 1 aliphatic heterocycles. The van der Waals surface area contributed by atoms with Crippen LogP contribution in [0.1, 0.15) is 11.9 Å². The number of piperazine rings is 1. The van der Waals surface area contributed by atoms with Crippen molar-refractivity contribution in [3.05, 3.63) is 45.7 Å². The largest absolute Gasteiger partial charge is 0.450 e. The standard InChI is InChI=1S/C21H23N5O4S/c1-3-30-21(29)25-11-9-24(10-12-25)16(27)13-26-20(28)18-19(31-14(2)22-18)17(23-26)15-7-5-4-6-8-15/h4-8H,3,9-13H2,1-2H3. The molecule has 1 fully saturated rings. The van der Waals surface area contributed by atoms with Crippen molar-refractivity contribution < 1.29 is 14.3 Å². The molecule has 3 aromatic rings. The molecule has 0 radical (unpaired) electrons. The van der Waals surface area contributed by atoms with E-state index >= 15 is 0 Å². The van der Waals surface area contributed by atoms with E-state index in [2.05, 4.69) is 10.1 Å². The minimum atomic E-state index is -0.377. The van der Waals surface area contributed by atoms with Gasteiger partial charge in [0.15, 0.2) is 5.52 Å². The maximum atomic E-state index is 13.0. The van der Waals surface area contributed by atoms with Gasteiger partial charge in [-0.2, -0.15) is 5.10 Å². The topological polar surface area (TPSA) is 97.6 Å². The van der Waals surface area contributed by atoms with Gasteiger partial charge >= 0.3 is 6.09 Å². The monoisotopic (exact) mass is 441 g/mol. The normalized spacial score (nSPS) is 14.1. The Labute approximate surface area is 182 Å². The summed E-state index contributed by atoms with van der Waals surface area (Å²) in [5.74, 6) is -0.219. The zero-order valence-corrected chi connectivity index (χ0v) is 18.2. The second-order valence-corrected chi connectivity index (χ2v) is 8.36. The first-order valence-electron chi connectivity index (χ1n) is 10.1. The lowest BCUT2D eigenvalue weighted by atomic mass is 10.1. The molecule has 0 aliphatic carbocycles. The summed E-state index contributed by atoms with van der Waals surface area (Å²) in [6.45, 7) is 5.30. The number of aryl methyl sites for hydroxylation is 1. The van der Waals surface area contributed by atoms with Crippen LogP contribution in [0, 0.1) is 6.92 Å². The lowest BCUT2D eigenvalue weighted by Gasteiger charge is -2.34. The number of amides is 2. The first-order chi connectivity index (χ1) is 15.0. The number of carbonyl (C=O) groups is 2. The van der Waals surface area contributed by atoms with Crippen LogP contribution in [0.4, 0.5) is 4.79 Å². The predicted octanol–water partition coefficient (Wildman–Crippen LogP) is 2.13. The Hall–Kier alpha value is -3.27. The summed E-state index contributed by atoms with van der Waals surface area (Å²) in [7, 11) is 0. The zero-order chi connectivity index (χ0) is 22.0. The molecule has 0 unspecified atom stereocenters. The van der Waals surface area contributed by atoms with Crippen LogP contribution in [0.2, 0.25) is 0 Å². The van der Waals surface area contributed by atoms with Gasteiger partial charge in [-0.25, -0.2) is 14.5 Å². The Kier molecular flexibility index (Phi) is 5.99. The second-order valence-electron chi connectivity index (χ2n) is 7.15. The van der Waals surface area contributed by atoms with Crippen LogP contribution in [-0.2, 0) is 16.1 Å². The van der Waals surface area contributed by atoms with Gasteiger partial charge in [0.1, 0.15) is 12.2 Å². The van der Waals surface area contributed by atoms with Crippen molar-refractivity contribution in [1.29, 1.82) is 0 Å². The lowest BCUT2D eigenvalue weighted by molar-refractivity contribution is -0.133. The summed E-state index contributed by atoms with van der Waals surface area (Å²) < 4.78 is 6.93. The Morgan fingerprint density at radius 1 is 1.10 bits per heavy atom. The molecule has 0 bridgehead atoms. The number of hydrogen-bond acceptors (Lipinski definition) is 7. The molecule has 0 N–H and O–H groups in total. The third kappa shape index (κ3) is 4.29. The van der Waals surface area contributed by atoms with Crippen LogP contribution in [-0.4, -0.2) is 69.4 Å². The molecular weight excluding hydrogens is 418 g/mol. The molecule has 4 rings (SSSR count). The number of nitrogens with zero attached hydrogens (tertiary/aromatic N) is 5. The average Bonchev–Trinajstić information content (AvgIpc) is 3.18. The number of ether oxygens (including phenoxy) is 1. The third-order valence-electron chi connectivity index (χ3n) is 5.10. The number of carbonyl (C=O) groups excluding carboxylic acids is 2. The van der Waals surface area contributed by atoms with Crippen LogP contribution in [0.3, 0.4) is 0 Å². The highest BCUT2D eigenvalue weighted by Crippen LogP contribution is 2.29. The number of benzene rings is 1. The van der Waals surface area contributed by atoms with Crippen molar-refractivity contribution in [2.45, 2.75) is 20.4 Å². The van der Waals surface area contributed by atoms with E-state index < -0.39 is 0 Å². The van der Waals surface area contributed by atoms with E-state index in [0.29, 0.717) is 44.0 Å². The minimum Gasteiger partial charge on any atom is -0.450 e. The van der Waals surface area contributed by atoms with Crippen LogP contribution >= 0.6 is 11.3 Å². The van der Waals surface area contributed by atoms with Crippen LogP contribution in [0.25, 0.3) is 21.5 Å². The first kappa shape index (κ1) is 21.0. The third-order valence-corrected chi connectivity index (χ3v) is 6.08. The number of thiazole rings is 1. The molecule has 9 nitrogen and oxygen atoms in total. The number of aromatic nitrogens is 3.